The monoisotopic (exact) mass is 528 g/mol. The van der Waals surface area contributed by atoms with Crippen LogP contribution in [0.4, 0.5) is 5.69 Å². The van der Waals surface area contributed by atoms with E-state index in [2.05, 4.69) is 121 Å². The van der Waals surface area contributed by atoms with Crippen LogP contribution in [-0.2, 0) is 4.43 Å². The Morgan fingerprint density at radius 3 is 2.11 bits per heavy atom. The van der Waals surface area contributed by atoms with Crippen molar-refractivity contribution in [3.8, 4) is 5.75 Å². The minimum absolute atomic E-state index is 0.0407. The molecule has 0 spiro atoms. The molecule has 0 radical (unpaired) electrons. The molecule has 0 saturated carbocycles. The van der Waals surface area contributed by atoms with Crippen molar-refractivity contribution in [1.82, 2.24) is 4.98 Å². The van der Waals surface area contributed by atoms with Gasteiger partial charge in [0.15, 0.2) is 0 Å². The summed E-state index contributed by atoms with van der Waals surface area (Å²) in [6.07, 6.45) is 2.35. The molecule has 1 aliphatic rings. The second kappa shape index (κ2) is 11.2. The second-order valence-corrected chi connectivity index (χ2v) is 15.6. The van der Waals surface area contributed by atoms with E-state index in [0.29, 0.717) is 19.3 Å². The first-order chi connectivity index (χ1) is 18.0. The fourth-order valence-electron chi connectivity index (χ4n) is 5.62. The van der Waals surface area contributed by atoms with E-state index in [1.54, 1.807) is 11.3 Å². The zero-order chi connectivity index (χ0) is 25.7. The number of thiazole rings is 1. The summed E-state index contributed by atoms with van der Waals surface area (Å²) in [6.45, 7) is 9.01. The lowest BCUT2D eigenvalue weighted by molar-refractivity contribution is 0.208. The van der Waals surface area contributed by atoms with Gasteiger partial charge in [-0.2, -0.15) is 0 Å². The van der Waals surface area contributed by atoms with Gasteiger partial charge < -0.3 is 14.1 Å². The number of aromatic nitrogens is 1. The van der Waals surface area contributed by atoms with Crippen molar-refractivity contribution >= 4 is 35.7 Å². The van der Waals surface area contributed by atoms with E-state index in [1.165, 1.54) is 28.2 Å². The van der Waals surface area contributed by atoms with E-state index in [0.717, 1.165) is 18.7 Å². The van der Waals surface area contributed by atoms with Gasteiger partial charge in [0.2, 0.25) is 0 Å². The van der Waals surface area contributed by atoms with Gasteiger partial charge in [-0.1, -0.05) is 81.4 Å². The highest BCUT2D eigenvalue weighted by molar-refractivity contribution is 7.07. The fourth-order valence-corrected chi connectivity index (χ4v) is 10.8. The van der Waals surface area contributed by atoms with Gasteiger partial charge >= 0.3 is 0 Å². The van der Waals surface area contributed by atoms with E-state index in [4.69, 9.17) is 9.16 Å². The summed E-state index contributed by atoms with van der Waals surface area (Å²) in [5.74, 6) is 0.874. The SMILES string of the molecule is CC(C)(C)[Si](OCCOc1ccc(N2CCC[C@@H]2c2cscn2)cc1)(c1ccccc1)c1ccccc1. The Kier molecular flexibility index (Phi) is 7.79. The van der Waals surface area contributed by atoms with E-state index < -0.39 is 8.32 Å². The van der Waals surface area contributed by atoms with Crippen LogP contribution in [0.5, 0.6) is 5.75 Å². The Morgan fingerprint density at radius 2 is 1.54 bits per heavy atom. The Hall–Kier alpha value is -2.93. The number of hydrogen-bond donors (Lipinski definition) is 0. The third-order valence-electron chi connectivity index (χ3n) is 7.30. The highest BCUT2D eigenvalue weighted by Crippen LogP contribution is 2.37. The van der Waals surface area contributed by atoms with Crippen LogP contribution in [0.15, 0.2) is 95.8 Å². The Bertz CT molecular complexity index is 1200. The fraction of sp³-hybridized carbons (Fsp3) is 0.323. The molecule has 1 aromatic heterocycles. The molecular weight excluding hydrogens is 493 g/mol. The normalized spacial score (nSPS) is 16.2. The van der Waals surface area contributed by atoms with Gasteiger partial charge in [0.05, 0.1) is 23.9 Å². The van der Waals surface area contributed by atoms with Gasteiger partial charge in [-0.25, -0.2) is 4.98 Å². The minimum atomic E-state index is -2.54. The summed E-state index contributed by atoms with van der Waals surface area (Å²) in [5, 5.41) is 4.71. The summed E-state index contributed by atoms with van der Waals surface area (Å²) < 4.78 is 13.1. The molecule has 1 fully saturated rings. The number of benzene rings is 3. The predicted octanol–water partition coefficient (Wildman–Crippen LogP) is 6.44. The Balaban J connectivity index is 1.27. The minimum Gasteiger partial charge on any atom is -0.491 e. The standard InChI is InChI=1S/C31H36N2O2SSi/c1-31(2,3)37(27-11-6-4-7-12-27,28-13-8-5-9-14-28)35-22-21-34-26-18-16-25(17-19-26)33-20-10-15-30(33)29-23-36-24-32-29/h4-9,11-14,16-19,23-24,30H,10,15,20-22H2,1-3H3/t30-/m1/s1. The van der Waals surface area contributed by atoms with Crippen LogP contribution in [0, 0.1) is 0 Å². The van der Waals surface area contributed by atoms with Crippen molar-refractivity contribution in [2.24, 2.45) is 0 Å². The topological polar surface area (TPSA) is 34.6 Å². The summed E-state index contributed by atoms with van der Waals surface area (Å²) >= 11 is 1.67. The smallest absolute Gasteiger partial charge is 0.261 e. The maximum atomic E-state index is 6.95. The maximum absolute atomic E-state index is 6.95. The number of anilines is 1. The molecule has 0 N–H and O–H groups in total. The summed E-state index contributed by atoms with van der Waals surface area (Å²) in [7, 11) is -2.54. The van der Waals surface area contributed by atoms with Gasteiger partial charge in [0.1, 0.15) is 12.4 Å². The van der Waals surface area contributed by atoms with E-state index in [9.17, 15) is 0 Å². The number of ether oxygens (including phenoxy) is 1. The summed E-state index contributed by atoms with van der Waals surface area (Å²) in [4.78, 5) is 7.03. The zero-order valence-electron chi connectivity index (χ0n) is 22.0. The summed E-state index contributed by atoms with van der Waals surface area (Å²) in [6, 6.07) is 30.4. The van der Waals surface area contributed by atoms with Gasteiger partial charge in [0, 0.05) is 17.6 Å². The lowest BCUT2D eigenvalue weighted by atomic mass is 10.1. The number of hydrogen-bond acceptors (Lipinski definition) is 5. The van der Waals surface area contributed by atoms with Gasteiger partial charge in [-0.05, 0) is 52.5 Å². The van der Waals surface area contributed by atoms with E-state index in [-0.39, 0.29) is 5.04 Å². The van der Waals surface area contributed by atoms with Crippen LogP contribution in [-0.4, -0.2) is 33.1 Å². The molecule has 2 heterocycles. The molecule has 0 unspecified atom stereocenters. The van der Waals surface area contributed by atoms with Crippen molar-refractivity contribution in [3.63, 3.8) is 0 Å². The second-order valence-electron chi connectivity index (χ2n) is 10.6. The molecule has 4 nitrogen and oxygen atoms in total. The first-order valence-corrected chi connectivity index (χ1v) is 16.0. The highest BCUT2D eigenvalue weighted by Gasteiger charge is 2.50. The maximum Gasteiger partial charge on any atom is 0.261 e. The molecule has 192 valence electrons. The first kappa shape index (κ1) is 25.7. The van der Waals surface area contributed by atoms with Crippen molar-refractivity contribution in [2.75, 3.05) is 24.7 Å². The molecule has 0 amide bonds. The first-order valence-electron chi connectivity index (χ1n) is 13.1. The molecular formula is C31H36N2O2SSi. The van der Waals surface area contributed by atoms with Crippen molar-refractivity contribution < 1.29 is 9.16 Å². The molecule has 1 aliphatic heterocycles. The van der Waals surface area contributed by atoms with Crippen LogP contribution in [0.1, 0.15) is 45.3 Å². The number of rotatable bonds is 9. The van der Waals surface area contributed by atoms with Crippen molar-refractivity contribution in [2.45, 2.75) is 44.7 Å². The molecule has 6 heteroatoms. The predicted molar refractivity (Wildman–Crippen MR) is 157 cm³/mol. The number of nitrogens with zero attached hydrogens (tertiary/aromatic N) is 2. The van der Waals surface area contributed by atoms with Crippen LogP contribution >= 0.6 is 11.3 Å². The van der Waals surface area contributed by atoms with Gasteiger partial charge in [-0.15, -0.1) is 11.3 Å². The third kappa shape index (κ3) is 5.37. The molecule has 0 bridgehead atoms. The highest BCUT2D eigenvalue weighted by atomic mass is 32.1. The van der Waals surface area contributed by atoms with Crippen molar-refractivity contribution in [3.05, 3.63) is 102 Å². The van der Waals surface area contributed by atoms with Gasteiger partial charge in [0.25, 0.3) is 8.32 Å². The molecule has 3 aromatic carbocycles. The van der Waals surface area contributed by atoms with Crippen LogP contribution < -0.4 is 20.0 Å². The molecule has 1 saturated heterocycles. The largest absolute Gasteiger partial charge is 0.491 e. The van der Waals surface area contributed by atoms with E-state index in [1.807, 2.05) is 5.51 Å². The average molecular weight is 529 g/mol. The summed E-state index contributed by atoms with van der Waals surface area (Å²) in [5.41, 5.74) is 4.34. The third-order valence-corrected chi connectivity index (χ3v) is 12.9. The molecule has 0 aliphatic carbocycles. The van der Waals surface area contributed by atoms with Gasteiger partial charge in [-0.3, -0.25) is 0 Å². The lowest BCUT2D eigenvalue weighted by Crippen LogP contribution is -2.66. The van der Waals surface area contributed by atoms with Crippen molar-refractivity contribution in [1.29, 1.82) is 0 Å². The molecule has 5 rings (SSSR count). The zero-order valence-corrected chi connectivity index (χ0v) is 23.8. The van der Waals surface area contributed by atoms with E-state index >= 15 is 0 Å². The molecule has 1 atom stereocenters. The quantitative estimate of drug-likeness (QED) is 0.185. The average Bonchev–Trinajstić information content (AvgIpc) is 3.62. The lowest BCUT2D eigenvalue weighted by Gasteiger charge is -2.43. The molecule has 4 aromatic rings. The Labute approximate surface area is 226 Å². The van der Waals surface area contributed by atoms with Crippen LogP contribution in [0.3, 0.4) is 0 Å². The molecule has 37 heavy (non-hydrogen) atoms. The van der Waals surface area contributed by atoms with Crippen LogP contribution in [0.2, 0.25) is 5.04 Å². The Morgan fingerprint density at radius 1 is 0.892 bits per heavy atom. The van der Waals surface area contributed by atoms with Crippen LogP contribution in [0.25, 0.3) is 0 Å².